The van der Waals surface area contributed by atoms with Gasteiger partial charge in [-0.15, -0.1) is 0 Å². The van der Waals surface area contributed by atoms with E-state index in [1.165, 1.54) is 13.8 Å². The molecule has 1 aliphatic rings. The van der Waals surface area contributed by atoms with Gasteiger partial charge in [0.25, 0.3) is 0 Å². The van der Waals surface area contributed by atoms with Crippen molar-refractivity contribution in [1.82, 2.24) is 26.6 Å². The molecule has 1 fully saturated rings. The quantitative estimate of drug-likeness (QED) is 0.0737. The molecule has 0 aliphatic heterocycles. The Morgan fingerprint density at radius 2 is 1.35 bits per heavy atom. The summed E-state index contributed by atoms with van der Waals surface area (Å²) in [7, 11) is 6.15. The van der Waals surface area contributed by atoms with E-state index in [1.807, 2.05) is 30.3 Å². The Hall–Kier alpha value is -4.04. The monoisotopic (exact) mass is 688 g/mol. The van der Waals surface area contributed by atoms with Gasteiger partial charge in [0.2, 0.25) is 35.4 Å². The first-order chi connectivity index (χ1) is 23.1. The number of rotatable bonds is 20. The summed E-state index contributed by atoms with van der Waals surface area (Å²) in [5, 5.41) is 22.9. The second kappa shape index (κ2) is 20.5. The zero-order valence-corrected chi connectivity index (χ0v) is 29.8. The molecular formula is C35H58N7O7+. The van der Waals surface area contributed by atoms with Crippen LogP contribution in [0.2, 0.25) is 0 Å². The lowest BCUT2D eigenvalue weighted by atomic mass is 9.84. The highest BCUT2D eigenvalue weighted by atomic mass is 16.3. The fraction of sp³-hybridized carbons (Fsp3) is 0.657. The van der Waals surface area contributed by atoms with Crippen molar-refractivity contribution < 1.29 is 38.4 Å². The first-order valence-electron chi connectivity index (χ1n) is 17.3. The van der Waals surface area contributed by atoms with Gasteiger partial charge in [0.1, 0.15) is 30.2 Å². The van der Waals surface area contributed by atoms with Crippen LogP contribution in [0.5, 0.6) is 0 Å². The maximum atomic E-state index is 13.8. The van der Waals surface area contributed by atoms with Crippen LogP contribution < -0.4 is 32.3 Å². The number of amides is 6. The standard InChI is InChI=1S/C35H57N7O7/c1-23(37-34(48)28(38-24(2)44)20-25-14-8-6-9-15-25)32(46)40-29(21-26-16-10-7-11-17-26)35(49)39-27(18-12-13-19-42(3,4)5)33(47)41-30(22-43)31(36)45/h6,8-9,14-15,23,26-30,43H,7,10-13,16-22H2,1-5H3,(H6-,36,37,38,39,40,41,44,45,46,47,48,49)/p+1/t23-,27-,28-,29-,30-/m0/s1. The molecule has 1 aromatic rings. The maximum Gasteiger partial charge on any atom is 0.243 e. The first-order valence-corrected chi connectivity index (χ1v) is 17.3. The number of primary amides is 1. The molecule has 8 N–H and O–H groups in total. The van der Waals surface area contributed by atoms with Gasteiger partial charge in [-0.2, -0.15) is 0 Å². The van der Waals surface area contributed by atoms with E-state index in [-0.39, 0.29) is 18.8 Å². The normalized spacial score (nSPS) is 16.6. The molecule has 0 heterocycles. The molecule has 0 spiro atoms. The van der Waals surface area contributed by atoms with Crippen LogP contribution in [0.3, 0.4) is 0 Å². The van der Waals surface area contributed by atoms with Gasteiger partial charge in [0, 0.05) is 13.3 Å². The first kappa shape index (κ1) is 41.1. The Labute approximate surface area is 290 Å². The van der Waals surface area contributed by atoms with Crippen molar-refractivity contribution in [2.75, 3.05) is 34.3 Å². The molecule has 0 bridgehead atoms. The third kappa shape index (κ3) is 15.8. The lowest BCUT2D eigenvalue weighted by molar-refractivity contribution is -0.870. The van der Waals surface area contributed by atoms with E-state index < -0.39 is 72.3 Å². The Morgan fingerprint density at radius 1 is 0.776 bits per heavy atom. The second-order valence-electron chi connectivity index (χ2n) is 14.2. The van der Waals surface area contributed by atoms with Crippen LogP contribution in [0.25, 0.3) is 0 Å². The molecule has 1 aromatic carbocycles. The number of aliphatic hydroxyl groups excluding tert-OH is 1. The van der Waals surface area contributed by atoms with Crippen molar-refractivity contribution in [2.45, 2.75) is 108 Å². The summed E-state index contributed by atoms with van der Waals surface area (Å²) < 4.78 is 0.722. The van der Waals surface area contributed by atoms with Crippen LogP contribution in [-0.4, -0.2) is 110 Å². The number of hydrogen-bond acceptors (Lipinski definition) is 7. The largest absolute Gasteiger partial charge is 0.394 e. The molecule has 14 heteroatoms. The van der Waals surface area contributed by atoms with Crippen molar-refractivity contribution in [3.05, 3.63) is 35.9 Å². The van der Waals surface area contributed by atoms with Crippen LogP contribution in [0, 0.1) is 5.92 Å². The van der Waals surface area contributed by atoms with Gasteiger partial charge in [-0.25, -0.2) is 0 Å². The summed E-state index contributed by atoms with van der Waals surface area (Å²) in [5.41, 5.74) is 6.14. The number of carbonyl (C=O) groups is 6. The summed E-state index contributed by atoms with van der Waals surface area (Å²) in [5.74, 6) is -3.50. The molecular weight excluding hydrogens is 630 g/mol. The van der Waals surface area contributed by atoms with E-state index in [4.69, 9.17) is 5.73 Å². The molecule has 1 saturated carbocycles. The number of benzene rings is 1. The Kier molecular flexibility index (Phi) is 17.2. The zero-order chi connectivity index (χ0) is 36.6. The van der Waals surface area contributed by atoms with Gasteiger partial charge in [0.15, 0.2) is 0 Å². The number of carbonyl (C=O) groups excluding carboxylic acids is 6. The van der Waals surface area contributed by atoms with Crippen molar-refractivity contribution in [2.24, 2.45) is 11.7 Å². The highest BCUT2D eigenvalue weighted by Crippen LogP contribution is 2.27. The van der Waals surface area contributed by atoms with E-state index in [2.05, 4.69) is 47.7 Å². The SMILES string of the molecule is CC(=O)N[C@@H](Cc1ccccc1)C(=O)N[C@@H](C)C(=O)N[C@@H](CC1CCCCC1)C(=O)N[C@@H](CCCC[N+](C)(C)C)C(=O)N[C@@H](CO)C(N)=O. The van der Waals surface area contributed by atoms with Crippen molar-refractivity contribution in [1.29, 1.82) is 0 Å². The Morgan fingerprint density at radius 3 is 1.92 bits per heavy atom. The van der Waals surface area contributed by atoms with Gasteiger partial charge >= 0.3 is 0 Å². The summed E-state index contributed by atoms with van der Waals surface area (Å²) in [4.78, 5) is 77.4. The summed E-state index contributed by atoms with van der Waals surface area (Å²) >= 11 is 0. The number of nitrogens with one attached hydrogen (secondary N) is 5. The van der Waals surface area contributed by atoms with E-state index in [0.717, 1.165) is 55.1 Å². The fourth-order valence-corrected chi connectivity index (χ4v) is 5.92. The van der Waals surface area contributed by atoms with Gasteiger partial charge in [-0.1, -0.05) is 62.4 Å². The minimum atomic E-state index is -1.32. The Bertz CT molecular complexity index is 1250. The third-order valence-corrected chi connectivity index (χ3v) is 8.70. The second-order valence-corrected chi connectivity index (χ2v) is 14.2. The molecule has 49 heavy (non-hydrogen) atoms. The Balaban J connectivity index is 2.21. The minimum Gasteiger partial charge on any atom is -0.394 e. The predicted octanol–water partition coefficient (Wildman–Crippen LogP) is 0.0174. The lowest BCUT2D eigenvalue weighted by Gasteiger charge is -2.29. The maximum absolute atomic E-state index is 13.8. The number of aliphatic hydroxyl groups is 1. The number of nitrogens with zero attached hydrogens (tertiary/aromatic N) is 1. The number of nitrogens with two attached hydrogens (primary N) is 1. The van der Waals surface area contributed by atoms with Gasteiger partial charge in [0.05, 0.1) is 34.3 Å². The van der Waals surface area contributed by atoms with E-state index in [1.54, 1.807) is 0 Å². The van der Waals surface area contributed by atoms with Crippen molar-refractivity contribution in [3.8, 4) is 0 Å². The van der Waals surface area contributed by atoms with E-state index in [9.17, 15) is 33.9 Å². The van der Waals surface area contributed by atoms with Crippen molar-refractivity contribution in [3.63, 3.8) is 0 Å². The highest BCUT2D eigenvalue weighted by molar-refractivity contribution is 5.96. The zero-order valence-electron chi connectivity index (χ0n) is 29.8. The van der Waals surface area contributed by atoms with Crippen LogP contribution in [0.4, 0.5) is 0 Å². The molecule has 1 aliphatic carbocycles. The topological polar surface area (TPSA) is 209 Å². The molecule has 274 valence electrons. The van der Waals surface area contributed by atoms with Crippen LogP contribution in [0.15, 0.2) is 30.3 Å². The molecule has 5 atom stereocenters. The van der Waals surface area contributed by atoms with Crippen molar-refractivity contribution >= 4 is 35.4 Å². The summed E-state index contributed by atoms with van der Waals surface area (Å²) in [6.07, 6.45) is 7.11. The number of unbranched alkanes of at least 4 members (excludes halogenated alkanes) is 1. The fourth-order valence-electron chi connectivity index (χ4n) is 5.92. The number of quaternary nitrogens is 1. The smallest absolute Gasteiger partial charge is 0.243 e. The predicted molar refractivity (Wildman–Crippen MR) is 185 cm³/mol. The summed E-state index contributed by atoms with van der Waals surface area (Å²) in [6.45, 7) is 2.95. The molecule has 0 saturated heterocycles. The molecule has 0 unspecified atom stereocenters. The molecule has 6 amide bonds. The molecule has 0 aromatic heterocycles. The van der Waals surface area contributed by atoms with Crippen LogP contribution >= 0.6 is 0 Å². The molecule has 0 radical (unpaired) electrons. The highest BCUT2D eigenvalue weighted by Gasteiger charge is 2.32. The van der Waals surface area contributed by atoms with Gasteiger partial charge in [-0.05, 0) is 44.1 Å². The lowest BCUT2D eigenvalue weighted by Crippen LogP contribution is -2.59. The number of hydrogen-bond donors (Lipinski definition) is 7. The van der Waals surface area contributed by atoms with E-state index in [0.29, 0.717) is 12.8 Å². The molecule has 2 rings (SSSR count). The third-order valence-electron chi connectivity index (χ3n) is 8.70. The van der Waals surface area contributed by atoms with Gasteiger partial charge < -0.3 is 41.9 Å². The van der Waals surface area contributed by atoms with Crippen LogP contribution in [-0.2, 0) is 35.2 Å². The van der Waals surface area contributed by atoms with E-state index >= 15 is 0 Å². The van der Waals surface area contributed by atoms with Gasteiger partial charge in [-0.3, -0.25) is 28.8 Å². The average Bonchev–Trinajstić information content (AvgIpc) is 3.04. The summed E-state index contributed by atoms with van der Waals surface area (Å²) in [6, 6.07) is 3.84. The minimum absolute atomic E-state index is 0.176. The average molecular weight is 689 g/mol. The molecule has 14 nitrogen and oxygen atoms in total. The van der Waals surface area contributed by atoms with Crippen LogP contribution in [0.1, 0.15) is 77.2 Å².